The van der Waals surface area contributed by atoms with E-state index in [4.69, 9.17) is 11.6 Å². The van der Waals surface area contributed by atoms with Gasteiger partial charge in [0.25, 0.3) is 10.0 Å². The third-order valence-corrected chi connectivity index (χ3v) is 9.01. The standard InChI is InChI=1S/C28H29ClF3N5O3S/c1-19(37-13-3-4-20-18-21(29)7-12-24(20)37)27(38)36-16-14-35(15-17-36)22-8-10-23(11-9-22)41(39,40)34-26-6-2-5-25(33-26)28(30,31)32/h2,5-12,18-19H,3-4,13-17H2,1H3,(H,33,34)/t19-/m1/s1. The number of aromatic nitrogens is 1. The molecule has 1 N–H and O–H groups in total. The summed E-state index contributed by atoms with van der Waals surface area (Å²) in [6.45, 7) is 4.92. The second-order valence-electron chi connectivity index (χ2n) is 10.1. The van der Waals surface area contributed by atoms with E-state index in [-0.39, 0.29) is 16.8 Å². The Morgan fingerprint density at radius 3 is 2.39 bits per heavy atom. The van der Waals surface area contributed by atoms with Gasteiger partial charge >= 0.3 is 6.18 Å². The lowest BCUT2D eigenvalue weighted by Gasteiger charge is -2.41. The zero-order valence-electron chi connectivity index (χ0n) is 22.2. The predicted molar refractivity (Wildman–Crippen MR) is 152 cm³/mol. The van der Waals surface area contributed by atoms with Gasteiger partial charge in [0.15, 0.2) is 0 Å². The maximum Gasteiger partial charge on any atom is 0.433 e. The smallest absolute Gasteiger partial charge is 0.368 e. The Morgan fingerprint density at radius 1 is 1.00 bits per heavy atom. The fraction of sp³-hybridized carbons (Fsp3) is 0.357. The van der Waals surface area contributed by atoms with Gasteiger partial charge in [0.1, 0.15) is 17.6 Å². The molecule has 0 bridgehead atoms. The first-order chi connectivity index (χ1) is 19.4. The van der Waals surface area contributed by atoms with Crippen LogP contribution in [0.3, 0.4) is 0 Å². The minimum absolute atomic E-state index is 0.0585. The van der Waals surface area contributed by atoms with Crippen molar-refractivity contribution in [3.63, 3.8) is 0 Å². The highest BCUT2D eigenvalue weighted by atomic mass is 35.5. The van der Waals surface area contributed by atoms with E-state index in [9.17, 15) is 26.4 Å². The van der Waals surface area contributed by atoms with Crippen LogP contribution in [0.15, 0.2) is 65.6 Å². The fourth-order valence-corrected chi connectivity index (χ4v) is 6.46. The van der Waals surface area contributed by atoms with Gasteiger partial charge in [-0.1, -0.05) is 17.7 Å². The number of nitrogens with zero attached hydrogens (tertiary/aromatic N) is 4. The van der Waals surface area contributed by atoms with E-state index < -0.39 is 27.7 Å². The second kappa shape index (κ2) is 11.4. The molecule has 2 aromatic carbocycles. The number of carbonyl (C=O) groups is 1. The SMILES string of the molecule is C[C@H](C(=O)N1CCN(c2ccc(S(=O)(=O)Nc3cccc(C(F)(F)F)n3)cc2)CC1)N1CCCc2cc(Cl)ccc21. The second-order valence-corrected chi connectivity index (χ2v) is 12.2. The number of fused-ring (bicyclic) bond motifs is 1. The maximum atomic E-state index is 13.4. The number of hydrogen-bond donors (Lipinski definition) is 1. The molecule has 3 heterocycles. The Hall–Kier alpha value is -3.51. The quantitative estimate of drug-likeness (QED) is 0.422. The average molecular weight is 608 g/mol. The van der Waals surface area contributed by atoms with Crippen LogP contribution in [0.5, 0.6) is 0 Å². The minimum Gasteiger partial charge on any atom is -0.368 e. The van der Waals surface area contributed by atoms with E-state index in [1.54, 1.807) is 12.1 Å². The summed E-state index contributed by atoms with van der Waals surface area (Å²) < 4.78 is 66.4. The lowest BCUT2D eigenvalue weighted by molar-refractivity contribution is -0.141. The number of halogens is 4. The Labute approximate surface area is 241 Å². The van der Waals surface area contributed by atoms with E-state index in [1.807, 2.05) is 30.0 Å². The summed E-state index contributed by atoms with van der Waals surface area (Å²) >= 11 is 6.17. The molecule has 1 amide bonds. The summed E-state index contributed by atoms with van der Waals surface area (Å²) in [5.41, 5.74) is 1.79. The number of benzene rings is 2. The number of aryl methyl sites for hydroxylation is 1. The minimum atomic E-state index is -4.69. The van der Waals surface area contributed by atoms with E-state index in [0.717, 1.165) is 54.5 Å². The number of pyridine rings is 1. The topological polar surface area (TPSA) is 85.8 Å². The molecule has 8 nitrogen and oxygen atoms in total. The Bertz CT molecular complexity index is 1530. The molecule has 218 valence electrons. The molecule has 13 heteroatoms. The Balaban J connectivity index is 1.19. The van der Waals surface area contributed by atoms with Crippen LogP contribution < -0.4 is 14.5 Å². The number of carbonyl (C=O) groups excluding carboxylic acids is 1. The molecular weight excluding hydrogens is 579 g/mol. The largest absolute Gasteiger partial charge is 0.433 e. The van der Waals surface area contributed by atoms with Crippen LogP contribution >= 0.6 is 11.6 Å². The number of nitrogens with one attached hydrogen (secondary N) is 1. The van der Waals surface area contributed by atoms with Gasteiger partial charge < -0.3 is 14.7 Å². The zero-order valence-corrected chi connectivity index (χ0v) is 23.8. The number of piperazine rings is 1. The molecule has 0 unspecified atom stereocenters. The van der Waals surface area contributed by atoms with Gasteiger partial charge in [0.2, 0.25) is 5.91 Å². The highest BCUT2D eigenvalue weighted by molar-refractivity contribution is 7.92. The van der Waals surface area contributed by atoms with Gasteiger partial charge in [-0.15, -0.1) is 0 Å². The summed E-state index contributed by atoms with van der Waals surface area (Å²) in [4.78, 5) is 22.7. The van der Waals surface area contributed by atoms with Crippen molar-refractivity contribution >= 4 is 44.7 Å². The first-order valence-electron chi connectivity index (χ1n) is 13.2. The molecule has 0 spiro atoms. The van der Waals surface area contributed by atoms with E-state index >= 15 is 0 Å². The van der Waals surface area contributed by atoms with Crippen LogP contribution in [0, 0.1) is 0 Å². The molecule has 5 rings (SSSR count). The average Bonchev–Trinajstić information content (AvgIpc) is 2.95. The van der Waals surface area contributed by atoms with Gasteiger partial charge in [0.05, 0.1) is 4.90 Å². The molecule has 0 saturated carbocycles. The normalized spacial score (nSPS) is 16.8. The van der Waals surface area contributed by atoms with Crippen molar-refractivity contribution in [3.05, 3.63) is 76.9 Å². The number of alkyl halides is 3. The molecule has 1 atom stereocenters. The van der Waals surface area contributed by atoms with Gasteiger partial charge in [-0.05, 0) is 79.9 Å². The van der Waals surface area contributed by atoms with Crippen molar-refractivity contribution in [1.29, 1.82) is 0 Å². The van der Waals surface area contributed by atoms with Crippen LogP contribution in [0.25, 0.3) is 0 Å². The number of anilines is 3. The lowest BCUT2D eigenvalue weighted by Crippen LogP contribution is -2.55. The number of sulfonamides is 1. The maximum absolute atomic E-state index is 13.4. The highest BCUT2D eigenvalue weighted by Crippen LogP contribution is 2.32. The molecule has 1 saturated heterocycles. The van der Waals surface area contributed by atoms with Crippen LogP contribution in [-0.4, -0.2) is 63.0 Å². The Morgan fingerprint density at radius 2 is 1.71 bits per heavy atom. The molecule has 1 fully saturated rings. The van der Waals surface area contributed by atoms with Crippen molar-refractivity contribution in [2.45, 2.75) is 36.9 Å². The first kappa shape index (κ1) is 29.0. The monoisotopic (exact) mass is 607 g/mol. The first-order valence-corrected chi connectivity index (χ1v) is 15.0. The van der Waals surface area contributed by atoms with Crippen molar-refractivity contribution in [1.82, 2.24) is 9.88 Å². The van der Waals surface area contributed by atoms with Crippen LogP contribution in [-0.2, 0) is 27.4 Å². The zero-order chi connectivity index (χ0) is 29.4. The molecular formula is C28H29ClF3N5O3S. The fourth-order valence-electron chi connectivity index (χ4n) is 5.26. The number of rotatable bonds is 6. The third-order valence-electron chi connectivity index (χ3n) is 7.40. The van der Waals surface area contributed by atoms with Gasteiger partial charge in [-0.3, -0.25) is 9.52 Å². The summed E-state index contributed by atoms with van der Waals surface area (Å²) in [7, 11) is -4.15. The van der Waals surface area contributed by atoms with E-state index in [2.05, 4.69) is 19.5 Å². The summed E-state index contributed by atoms with van der Waals surface area (Å²) in [5, 5.41) is 0.690. The van der Waals surface area contributed by atoms with Gasteiger partial charge in [-0.25, -0.2) is 13.4 Å². The van der Waals surface area contributed by atoms with Crippen LogP contribution in [0.2, 0.25) is 5.02 Å². The lowest BCUT2D eigenvalue weighted by atomic mass is 10.00. The molecule has 3 aromatic rings. The molecule has 0 aliphatic carbocycles. The number of hydrogen-bond acceptors (Lipinski definition) is 6. The Kier molecular flexibility index (Phi) is 8.06. The summed E-state index contributed by atoms with van der Waals surface area (Å²) in [5.74, 6) is -0.362. The van der Waals surface area contributed by atoms with Crippen molar-refractivity contribution in [3.8, 4) is 0 Å². The van der Waals surface area contributed by atoms with Crippen molar-refractivity contribution in [2.75, 3.05) is 47.2 Å². The van der Waals surface area contributed by atoms with Crippen LogP contribution in [0.4, 0.5) is 30.4 Å². The molecule has 1 aromatic heterocycles. The molecule has 2 aliphatic rings. The van der Waals surface area contributed by atoms with Gasteiger partial charge in [-0.2, -0.15) is 13.2 Å². The van der Waals surface area contributed by atoms with Gasteiger partial charge in [0, 0.05) is 49.1 Å². The highest BCUT2D eigenvalue weighted by Gasteiger charge is 2.33. The molecule has 0 radical (unpaired) electrons. The molecule has 2 aliphatic heterocycles. The van der Waals surface area contributed by atoms with E-state index in [0.29, 0.717) is 31.2 Å². The number of amides is 1. The predicted octanol–water partition coefficient (Wildman–Crippen LogP) is 5.04. The summed E-state index contributed by atoms with van der Waals surface area (Å²) in [6.07, 6.45) is -2.80. The van der Waals surface area contributed by atoms with Crippen molar-refractivity contribution in [2.24, 2.45) is 0 Å². The van der Waals surface area contributed by atoms with E-state index in [1.165, 1.54) is 12.1 Å². The molecule has 41 heavy (non-hydrogen) atoms. The van der Waals surface area contributed by atoms with Crippen molar-refractivity contribution < 1.29 is 26.4 Å². The van der Waals surface area contributed by atoms with Crippen LogP contribution in [0.1, 0.15) is 24.6 Å². The summed E-state index contributed by atoms with van der Waals surface area (Å²) in [6, 6.07) is 14.6. The third kappa shape index (κ3) is 6.38.